The highest BCUT2D eigenvalue weighted by atomic mass is 32.2. The first-order valence-electron chi connectivity index (χ1n) is 28.4. The summed E-state index contributed by atoms with van der Waals surface area (Å²) in [6.45, 7) is 3.29. The summed E-state index contributed by atoms with van der Waals surface area (Å²) < 4.78 is 109. The molecule has 8 rings (SSSR count). The fourth-order valence-electron chi connectivity index (χ4n) is 10.4. The molecular weight excluding hydrogens is 1160 g/mol. The minimum Gasteiger partial charge on any atom is -0.493 e. The van der Waals surface area contributed by atoms with Crippen LogP contribution in [0.15, 0.2) is 131 Å². The highest BCUT2D eigenvalue weighted by Gasteiger charge is 2.32. The minimum atomic E-state index is -3.50. The molecule has 0 saturated carbocycles. The molecule has 0 bridgehead atoms. The molecular formula is C65H82N2O18S2. The number of fused-ring (bicyclic) bond motifs is 2. The summed E-state index contributed by atoms with van der Waals surface area (Å²) in [4.78, 5) is 31.1. The summed E-state index contributed by atoms with van der Waals surface area (Å²) in [5.41, 5.74) is 6.86. The zero-order valence-electron chi connectivity index (χ0n) is 51.4. The number of rotatable bonds is 28. The Hall–Kier alpha value is -7.60. The Kier molecular flexibility index (Phi) is 26.8. The maximum absolute atomic E-state index is 13.0. The number of hydrogen-bond acceptors (Lipinski definition) is 20. The van der Waals surface area contributed by atoms with E-state index in [4.69, 9.17) is 47.4 Å². The minimum absolute atomic E-state index is 0.0112. The summed E-state index contributed by atoms with van der Waals surface area (Å²) in [5.74, 6) is 4.96. The van der Waals surface area contributed by atoms with E-state index in [1.165, 1.54) is 35.4 Å². The van der Waals surface area contributed by atoms with E-state index in [0.717, 1.165) is 68.8 Å². The van der Waals surface area contributed by atoms with Gasteiger partial charge in [-0.2, -0.15) is 16.8 Å². The van der Waals surface area contributed by atoms with Gasteiger partial charge in [0.1, 0.15) is 0 Å². The Morgan fingerprint density at radius 3 is 1.08 bits per heavy atom. The van der Waals surface area contributed by atoms with E-state index in [1.807, 2.05) is 36.4 Å². The number of carbonyl (C=O) groups is 2. The molecule has 472 valence electrons. The standard InChI is InChI=1S/C51H66N2O12.2C7H8O3S/c1-56-42-14-12-34(28-44(42)58-3)26-40-38-32-48(62-7)46(60-5)30-36(38)16-20-52(40)22-18-50(54)64-24-10-9-11-25-65-51(55)19-23-53-21-17-37-31-47(61-6)49(63-8)33-39(37)41(53)27-35-13-15-43(57-2)45(29-35)59-4;2*1-10-11(8,9)7-5-3-2-4-6-7/h12-15,28-33,40-41H,9-11,16-27H2,1-8H3;2*2-6H,1H3. The average molecular weight is 1240 g/mol. The van der Waals surface area contributed by atoms with Gasteiger partial charge in [0, 0.05) is 38.3 Å². The quantitative estimate of drug-likeness (QED) is 0.0253. The first kappa shape index (κ1) is 68.5. The largest absolute Gasteiger partial charge is 0.493 e. The molecule has 20 nitrogen and oxygen atoms in total. The monoisotopic (exact) mass is 1240 g/mol. The van der Waals surface area contributed by atoms with Gasteiger partial charge in [0.25, 0.3) is 20.2 Å². The van der Waals surface area contributed by atoms with Crippen molar-refractivity contribution in [2.24, 2.45) is 0 Å². The predicted molar refractivity (Wildman–Crippen MR) is 328 cm³/mol. The highest BCUT2D eigenvalue weighted by Crippen LogP contribution is 2.42. The lowest BCUT2D eigenvalue weighted by molar-refractivity contribution is -0.144. The van der Waals surface area contributed by atoms with E-state index < -0.39 is 20.2 Å². The van der Waals surface area contributed by atoms with E-state index in [1.54, 1.807) is 93.3 Å². The van der Waals surface area contributed by atoms with E-state index in [2.05, 4.69) is 42.4 Å². The van der Waals surface area contributed by atoms with Crippen molar-refractivity contribution in [2.75, 3.05) is 110 Å². The second-order valence-corrected chi connectivity index (χ2v) is 23.5. The van der Waals surface area contributed by atoms with Gasteiger partial charge in [-0.1, -0.05) is 48.5 Å². The normalized spacial score (nSPS) is 14.7. The van der Waals surface area contributed by atoms with E-state index >= 15 is 0 Å². The lowest BCUT2D eigenvalue weighted by Crippen LogP contribution is -2.38. The molecule has 22 heteroatoms. The highest BCUT2D eigenvalue weighted by molar-refractivity contribution is 7.87. The fourth-order valence-corrected chi connectivity index (χ4v) is 11.7. The molecule has 0 radical (unpaired) electrons. The van der Waals surface area contributed by atoms with Crippen LogP contribution in [-0.2, 0) is 73.3 Å². The number of methoxy groups -OCH3 is 8. The fraction of sp³-hybridized carbons (Fsp3) is 0.415. The molecule has 0 N–H and O–H groups in total. The third-order valence-electron chi connectivity index (χ3n) is 15.0. The van der Waals surface area contributed by atoms with Crippen LogP contribution in [0.25, 0.3) is 0 Å². The molecule has 0 fully saturated rings. The molecule has 2 heterocycles. The van der Waals surface area contributed by atoms with Crippen LogP contribution in [0.3, 0.4) is 0 Å². The van der Waals surface area contributed by atoms with Crippen molar-refractivity contribution in [1.29, 1.82) is 0 Å². The number of esters is 2. The molecule has 0 saturated heterocycles. The van der Waals surface area contributed by atoms with Crippen molar-refractivity contribution >= 4 is 32.2 Å². The van der Waals surface area contributed by atoms with Crippen LogP contribution < -0.4 is 37.9 Å². The van der Waals surface area contributed by atoms with Crippen LogP contribution in [0.5, 0.6) is 46.0 Å². The van der Waals surface area contributed by atoms with E-state index in [-0.39, 0.29) is 46.7 Å². The Morgan fingerprint density at radius 1 is 0.414 bits per heavy atom. The second kappa shape index (κ2) is 34.1. The van der Waals surface area contributed by atoms with Crippen molar-refractivity contribution in [3.63, 3.8) is 0 Å². The lowest BCUT2D eigenvalue weighted by Gasteiger charge is -2.38. The Bertz CT molecular complexity index is 3160. The number of benzene rings is 6. The van der Waals surface area contributed by atoms with Crippen molar-refractivity contribution in [3.05, 3.63) is 155 Å². The van der Waals surface area contributed by atoms with Gasteiger partial charge < -0.3 is 47.4 Å². The summed E-state index contributed by atoms with van der Waals surface area (Å²) in [6, 6.07) is 36.2. The molecule has 0 amide bonds. The number of carbonyl (C=O) groups excluding carboxylic acids is 2. The molecule has 0 spiro atoms. The Morgan fingerprint density at radius 2 is 0.747 bits per heavy atom. The van der Waals surface area contributed by atoms with E-state index in [9.17, 15) is 26.4 Å². The third-order valence-corrected chi connectivity index (χ3v) is 17.6. The van der Waals surface area contributed by atoms with Crippen LogP contribution in [0.4, 0.5) is 0 Å². The van der Waals surface area contributed by atoms with Gasteiger partial charge in [0.05, 0.1) is 107 Å². The lowest BCUT2D eigenvalue weighted by atomic mass is 9.88. The van der Waals surface area contributed by atoms with Crippen molar-refractivity contribution in [3.8, 4) is 46.0 Å². The Balaban J connectivity index is 0.000000456. The zero-order valence-corrected chi connectivity index (χ0v) is 53.0. The molecule has 2 atom stereocenters. The van der Waals surface area contributed by atoms with Crippen molar-refractivity contribution in [2.45, 2.75) is 79.7 Å². The first-order valence-corrected chi connectivity index (χ1v) is 31.2. The zero-order chi connectivity index (χ0) is 62.9. The van der Waals surface area contributed by atoms with Crippen LogP contribution in [0.2, 0.25) is 0 Å². The number of nitrogens with zero attached hydrogens (tertiary/aromatic N) is 2. The van der Waals surface area contributed by atoms with Crippen LogP contribution in [-0.4, -0.2) is 149 Å². The number of hydrogen-bond donors (Lipinski definition) is 0. The molecule has 0 aliphatic carbocycles. The molecule has 0 aromatic heterocycles. The number of ether oxygens (including phenoxy) is 10. The molecule has 87 heavy (non-hydrogen) atoms. The van der Waals surface area contributed by atoms with Gasteiger partial charge >= 0.3 is 11.9 Å². The Labute approximate surface area is 512 Å². The van der Waals surface area contributed by atoms with Gasteiger partial charge in [-0.15, -0.1) is 0 Å². The van der Waals surface area contributed by atoms with E-state index in [0.29, 0.717) is 98.0 Å². The SMILES string of the molecule is COS(=O)(=O)c1ccccc1.COS(=O)(=O)c1ccccc1.COc1ccc(CC2c3cc(OC)c(OC)cc3CCN2CCC(=O)OCCCCCOC(=O)CCN2CCc3cc(OC)c(OC)cc3C2Cc2ccc(OC)c(OC)c2)cc1OC. The molecule has 2 unspecified atom stereocenters. The first-order chi connectivity index (χ1) is 42.0. The summed E-state index contributed by atoms with van der Waals surface area (Å²) >= 11 is 0. The van der Waals surface area contributed by atoms with Gasteiger partial charge in [0.15, 0.2) is 46.0 Å². The smallest absolute Gasteiger partial charge is 0.307 e. The summed E-state index contributed by atoms with van der Waals surface area (Å²) in [7, 11) is 8.38. The van der Waals surface area contributed by atoms with Crippen molar-refractivity contribution < 1.29 is 82.2 Å². The van der Waals surface area contributed by atoms with Gasteiger partial charge in [-0.05, 0) is 151 Å². The second-order valence-electron chi connectivity index (χ2n) is 20.1. The van der Waals surface area contributed by atoms with Crippen LogP contribution in [0, 0.1) is 0 Å². The summed E-state index contributed by atoms with van der Waals surface area (Å²) in [6.07, 6.45) is 5.69. The summed E-state index contributed by atoms with van der Waals surface area (Å²) in [5, 5.41) is 0. The van der Waals surface area contributed by atoms with Crippen molar-refractivity contribution in [1.82, 2.24) is 9.80 Å². The predicted octanol–water partition coefficient (Wildman–Crippen LogP) is 9.82. The van der Waals surface area contributed by atoms with Crippen LogP contribution >= 0.6 is 0 Å². The van der Waals surface area contributed by atoms with Gasteiger partial charge in [-0.3, -0.25) is 27.8 Å². The third kappa shape index (κ3) is 19.2. The maximum atomic E-state index is 13.0. The molecule has 6 aromatic carbocycles. The van der Waals surface area contributed by atoms with Gasteiger partial charge in [-0.25, -0.2) is 0 Å². The van der Waals surface area contributed by atoms with Gasteiger partial charge in [0.2, 0.25) is 0 Å². The number of unbranched alkanes of at least 4 members (excludes halogenated alkanes) is 2. The van der Waals surface area contributed by atoms with Crippen LogP contribution in [0.1, 0.15) is 77.6 Å². The maximum Gasteiger partial charge on any atom is 0.307 e. The topological polar surface area (TPSA) is 220 Å². The molecule has 6 aromatic rings. The molecule has 2 aliphatic heterocycles. The molecule has 2 aliphatic rings. The average Bonchev–Trinajstić information content (AvgIpc) is 1.27.